The highest BCUT2D eigenvalue weighted by Gasteiger charge is 2.24. The van der Waals surface area contributed by atoms with Crippen molar-refractivity contribution in [2.24, 2.45) is 0 Å². The van der Waals surface area contributed by atoms with Crippen LogP contribution in [-0.4, -0.2) is 92.6 Å². The van der Waals surface area contributed by atoms with Crippen LogP contribution in [0.25, 0.3) is 0 Å². The molecule has 2 aliphatic rings. The van der Waals surface area contributed by atoms with Crippen LogP contribution in [0.2, 0.25) is 5.02 Å². The van der Waals surface area contributed by atoms with Crippen molar-refractivity contribution in [1.82, 2.24) is 15.1 Å². The molecule has 226 valence electrons. The van der Waals surface area contributed by atoms with Crippen LogP contribution < -0.4 is 19.7 Å². The Bertz CT molecular complexity index is 1270. The molecule has 0 saturated carbocycles. The van der Waals surface area contributed by atoms with Crippen molar-refractivity contribution in [3.63, 3.8) is 0 Å². The molecule has 1 saturated heterocycles. The normalized spacial score (nSPS) is 16.3. The van der Waals surface area contributed by atoms with Gasteiger partial charge in [-0.25, -0.2) is 0 Å². The summed E-state index contributed by atoms with van der Waals surface area (Å²) in [4.78, 5) is 10.1. The Labute approximate surface area is 259 Å². The summed E-state index contributed by atoms with van der Waals surface area (Å²) >= 11 is 8.21. The van der Waals surface area contributed by atoms with Gasteiger partial charge < -0.3 is 29.7 Å². The molecule has 2 N–H and O–H groups in total. The van der Waals surface area contributed by atoms with E-state index in [0.29, 0.717) is 19.2 Å². The average molecular weight is 611 g/mol. The summed E-state index contributed by atoms with van der Waals surface area (Å²) in [5.41, 5.74) is 2.49. The highest BCUT2D eigenvalue weighted by molar-refractivity contribution is 7.99. The number of hydrogen-bond donors (Lipinski definition) is 2. The molecule has 3 aromatic carbocycles. The third-order valence-corrected chi connectivity index (χ3v) is 8.98. The van der Waals surface area contributed by atoms with Crippen LogP contribution in [0.1, 0.15) is 20.3 Å². The molecule has 3 aromatic rings. The monoisotopic (exact) mass is 610 g/mol. The summed E-state index contributed by atoms with van der Waals surface area (Å²) in [5, 5.41) is 14.0. The van der Waals surface area contributed by atoms with Crippen LogP contribution in [0.3, 0.4) is 0 Å². The predicted molar refractivity (Wildman–Crippen MR) is 173 cm³/mol. The molecule has 0 aliphatic carbocycles. The molecule has 2 heterocycles. The van der Waals surface area contributed by atoms with E-state index in [1.54, 1.807) is 0 Å². The molecule has 5 rings (SSSR count). The zero-order chi connectivity index (χ0) is 29.3. The molecule has 0 aromatic heterocycles. The number of aliphatic hydroxyl groups is 1. The second-order valence-electron chi connectivity index (χ2n) is 11.2. The van der Waals surface area contributed by atoms with E-state index in [-0.39, 0.29) is 6.61 Å². The molecule has 0 amide bonds. The number of rotatable bonds is 14. The number of nitrogens with zero attached hydrogens (tertiary/aromatic N) is 3. The minimum absolute atomic E-state index is 0.264. The Hall–Kier alpha value is -2.46. The lowest BCUT2D eigenvalue weighted by atomic mass is 10.2. The quantitative estimate of drug-likeness (QED) is 0.239. The SMILES string of the molecule is CC(C)NC[C@@H](O)COc1ccc(OCCN2CCN(CCCN3c4ccccc4Sc4ccc(Cl)cc43)CC2)cc1. The Kier molecular flexibility index (Phi) is 11.3. The molecule has 7 nitrogen and oxygen atoms in total. The van der Waals surface area contributed by atoms with Crippen molar-refractivity contribution in [2.45, 2.75) is 42.2 Å². The van der Waals surface area contributed by atoms with Gasteiger partial charge in [0.25, 0.3) is 0 Å². The van der Waals surface area contributed by atoms with Gasteiger partial charge in [0.1, 0.15) is 30.8 Å². The highest BCUT2D eigenvalue weighted by Crippen LogP contribution is 2.48. The maximum atomic E-state index is 10.0. The third kappa shape index (κ3) is 8.78. The fraction of sp³-hybridized carbons (Fsp3) is 0.455. The van der Waals surface area contributed by atoms with E-state index >= 15 is 0 Å². The topological polar surface area (TPSA) is 60.4 Å². The Balaban J connectivity index is 0.991. The molecular formula is C33H43ClN4O3S. The van der Waals surface area contributed by atoms with Gasteiger partial charge in [-0.05, 0) is 67.6 Å². The number of halogens is 1. The van der Waals surface area contributed by atoms with Gasteiger partial charge in [0.15, 0.2) is 0 Å². The number of anilines is 2. The third-order valence-electron chi connectivity index (χ3n) is 7.61. The number of piperazine rings is 1. The van der Waals surface area contributed by atoms with Gasteiger partial charge in [0.2, 0.25) is 0 Å². The van der Waals surface area contributed by atoms with E-state index in [2.05, 4.69) is 70.3 Å². The first-order chi connectivity index (χ1) is 20.4. The lowest BCUT2D eigenvalue weighted by molar-refractivity contribution is 0.104. The number of aliphatic hydroxyl groups excluding tert-OH is 1. The highest BCUT2D eigenvalue weighted by atomic mass is 35.5. The summed E-state index contributed by atoms with van der Waals surface area (Å²) in [5.74, 6) is 1.57. The Morgan fingerprint density at radius 2 is 1.50 bits per heavy atom. The van der Waals surface area contributed by atoms with Crippen LogP contribution >= 0.6 is 23.4 Å². The van der Waals surface area contributed by atoms with Gasteiger partial charge >= 0.3 is 0 Å². The number of nitrogens with one attached hydrogen (secondary N) is 1. The van der Waals surface area contributed by atoms with Gasteiger partial charge in [-0.3, -0.25) is 4.90 Å². The van der Waals surface area contributed by atoms with Crippen molar-refractivity contribution in [2.75, 3.05) is 70.5 Å². The molecule has 1 atom stereocenters. The van der Waals surface area contributed by atoms with E-state index in [9.17, 15) is 5.11 Å². The van der Waals surface area contributed by atoms with Crippen LogP contribution in [-0.2, 0) is 0 Å². The zero-order valence-corrected chi connectivity index (χ0v) is 26.2. The van der Waals surface area contributed by atoms with Crippen molar-refractivity contribution in [3.8, 4) is 11.5 Å². The number of ether oxygens (including phenoxy) is 2. The van der Waals surface area contributed by atoms with Crippen LogP contribution in [0, 0.1) is 0 Å². The van der Waals surface area contributed by atoms with Crippen LogP contribution in [0.15, 0.2) is 76.5 Å². The second kappa shape index (κ2) is 15.3. The van der Waals surface area contributed by atoms with Gasteiger partial charge in [0.05, 0.1) is 11.4 Å². The lowest BCUT2D eigenvalue weighted by Gasteiger charge is -2.36. The van der Waals surface area contributed by atoms with Gasteiger partial charge in [0, 0.05) is 66.7 Å². The molecule has 0 bridgehead atoms. The van der Waals surface area contributed by atoms with Crippen molar-refractivity contribution >= 4 is 34.7 Å². The van der Waals surface area contributed by atoms with Gasteiger partial charge in [-0.2, -0.15) is 0 Å². The first kappa shape index (κ1) is 31.0. The molecule has 0 spiro atoms. The molecule has 42 heavy (non-hydrogen) atoms. The summed E-state index contributed by atoms with van der Waals surface area (Å²) in [6.45, 7) is 12.8. The minimum Gasteiger partial charge on any atom is -0.492 e. The maximum Gasteiger partial charge on any atom is 0.119 e. The number of benzene rings is 3. The Morgan fingerprint density at radius 3 is 2.24 bits per heavy atom. The molecule has 0 radical (unpaired) electrons. The summed E-state index contributed by atoms with van der Waals surface area (Å²) in [6, 6.07) is 22.9. The second-order valence-corrected chi connectivity index (χ2v) is 12.7. The fourth-order valence-electron chi connectivity index (χ4n) is 5.28. The summed E-state index contributed by atoms with van der Waals surface area (Å²) < 4.78 is 11.7. The standard InChI is InChI=1S/C33H43ClN4O3S/c1-25(2)35-23-27(39)24-41-29-11-9-28(10-12-29)40-21-20-37-18-16-36(17-19-37)14-5-15-38-30-6-3-4-7-32(30)42-33-13-8-26(34)22-31(33)38/h3-4,6-13,22,25,27,35,39H,5,14-21,23-24H2,1-2H3/t27-/m1/s1. The van der Waals surface area contributed by atoms with E-state index < -0.39 is 6.10 Å². The molecule has 0 unspecified atom stereocenters. The van der Waals surface area contributed by atoms with Crippen molar-refractivity contribution in [3.05, 3.63) is 71.8 Å². The summed E-state index contributed by atoms with van der Waals surface area (Å²) in [7, 11) is 0. The average Bonchev–Trinajstić information content (AvgIpc) is 3.00. The van der Waals surface area contributed by atoms with E-state index in [4.69, 9.17) is 21.1 Å². The number of fused-ring (bicyclic) bond motifs is 2. The van der Waals surface area contributed by atoms with Crippen molar-refractivity contribution in [1.29, 1.82) is 0 Å². The predicted octanol–water partition coefficient (Wildman–Crippen LogP) is 5.77. The molecule has 2 aliphatic heterocycles. The van der Waals surface area contributed by atoms with Crippen LogP contribution in [0.4, 0.5) is 11.4 Å². The lowest BCUT2D eigenvalue weighted by Crippen LogP contribution is -2.47. The minimum atomic E-state index is -0.535. The van der Waals surface area contributed by atoms with Crippen molar-refractivity contribution < 1.29 is 14.6 Å². The van der Waals surface area contributed by atoms with E-state index in [0.717, 1.165) is 68.8 Å². The molecular weight excluding hydrogens is 568 g/mol. The largest absolute Gasteiger partial charge is 0.492 e. The Morgan fingerprint density at radius 1 is 0.833 bits per heavy atom. The number of para-hydroxylation sites is 1. The van der Waals surface area contributed by atoms with Gasteiger partial charge in [-0.1, -0.05) is 49.3 Å². The van der Waals surface area contributed by atoms with Gasteiger partial charge in [-0.15, -0.1) is 0 Å². The van der Waals surface area contributed by atoms with Crippen LogP contribution in [0.5, 0.6) is 11.5 Å². The fourth-order valence-corrected chi connectivity index (χ4v) is 6.52. The smallest absolute Gasteiger partial charge is 0.119 e. The van der Waals surface area contributed by atoms with E-state index in [1.807, 2.05) is 42.1 Å². The number of hydrogen-bond acceptors (Lipinski definition) is 8. The van der Waals surface area contributed by atoms with E-state index in [1.165, 1.54) is 21.2 Å². The first-order valence-electron chi connectivity index (χ1n) is 15.0. The maximum absolute atomic E-state index is 10.0. The summed E-state index contributed by atoms with van der Waals surface area (Å²) in [6.07, 6.45) is 0.564. The first-order valence-corrected chi connectivity index (χ1v) is 16.2. The molecule has 1 fully saturated rings. The molecule has 9 heteroatoms. The zero-order valence-electron chi connectivity index (χ0n) is 24.7.